The van der Waals surface area contributed by atoms with Crippen LogP contribution in [0.4, 0.5) is 0 Å². The first kappa shape index (κ1) is 15.7. The van der Waals surface area contributed by atoms with Gasteiger partial charge in [-0.1, -0.05) is 0 Å². The lowest BCUT2D eigenvalue weighted by Gasteiger charge is -2.50. The molecule has 0 bridgehead atoms. The highest BCUT2D eigenvalue weighted by Crippen LogP contribution is 2.71. The Labute approximate surface area is 141 Å². The average Bonchev–Trinajstić information content (AvgIpc) is 3.19. The second-order valence-electron chi connectivity index (χ2n) is 7.22. The molecule has 0 aromatic rings. The van der Waals surface area contributed by atoms with Crippen molar-refractivity contribution in [1.29, 1.82) is 0 Å². The van der Waals surface area contributed by atoms with Gasteiger partial charge >= 0.3 is 0 Å². The molecule has 3 atom stereocenters. The van der Waals surface area contributed by atoms with Crippen molar-refractivity contribution >= 4 is 11.6 Å². The van der Waals surface area contributed by atoms with Crippen molar-refractivity contribution < 1.29 is 23.8 Å². The minimum atomic E-state index is -0.583. The number of rotatable bonds is 3. The van der Waals surface area contributed by atoms with Crippen LogP contribution < -0.4 is 5.32 Å². The fraction of sp³-hybridized carbons (Fsp3) is 0.667. The van der Waals surface area contributed by atoms with Gasteiger partial charge < -0.3 is 19.5 Å². The van der Waals surface area contributed by atoms with Crippen molar-refractivity contribution in [3.8, 4) is 0 Å². The van der Waals surface area contributed by atoms with Crippen LogP contribution in [0.5, 0.6) is 0 Å². The van der Waals surface area contributed by atoms with Gasteiger partial charge in [0.1, 0.15) is 0 Å². The minimum absolute atomic E-state index is 0.0414. The summed E-state index contributed by atoms with van der Waals surface area (Å²) >= 11 is 0. The van der Waals surface area contributed by atoms with Crippen LogP contribution in [0, 0.1) is 10.8 Å². The highest BCUT2D eigenvalue weighted by molar-refractivity contribution is 6.04. The van der Waals surface area contributed by atoms with Gasteiger partial charge in [0.2, 0.25) is 17.3 Å². The second kappa shape index (κ2) is 4.85. The molecule has 0 radical (unpaired) electrons. The van der Waals surface area contributed by atoms with E-state index in [1.807, 2.05) is 6.08 Å². The summed E-state index contributed by atoms with van der Waals surface area (Å²) in [5.74, 6) is 1.26. The van der Waals surface area contributed by atoms with Gasteiger partial charge in [0.05, 0.1) is 26.9 Å². The molecule has 1 aliphatic heterocycles. The van der Waals surface area contributed by atoms with Crippen LogP contribution in [0.2, 0.25) is 0 Å². The maximum Gasteiger partial charge on any atom is 0.204 e. The lowest BCUT2D eigenvalue weighted by Crippen LogP contribution is -2.60. The van der Waals surface area contributed by atoms with Gasteiger partial charge in [-0.3, -0.25) is 9.59 Å². The zero-order valence-corrected chi connectivity index (χ0v) is 14.4. The normalized spacial score (nSPS) is 40.7. The van der Waals surface area contributed by atoms with Crippen LogP contribution in [0.15, 0.2) is 23.4 Å². The Balaban J connectivity index is 1.92. The minimum Gasteiger partial charge on any atom is -0.495 e. The lowest BCUT2D eigenvalue weighted by atomic mass is 9.53. The molecule has 0 aromatic heterocycles. The second-order valence-corrected chi connectivity index (χ2v) is 7.22. The monoisotopic (exact) mass is 333 g/mol. The highest BCUT2D eigenvalue weighted by atomic mass is 16.5. The van der Waals surface area contributed by atoms with E-state index in [0.29, 0.717) is 30.1 Å². The van der Waals surface area contributed by atoms with Gasteiger partial charge in [0.25, 0.3) is 0 Å². The van der Waals surface area contributed by atoms with Crippen LogP contribution in [0.25, 0.3) is 0 Å². The number of ether oxygens (including phenoxy) is 3. The van der Waals surface area contributed by atoms with E-state index in [-0.39, 0.29) is 11.6 Å². The first-order valence-corrected chi connectivity index (χ1v) is 8.42. The predicted octanol–water partition coefficient (Wildman–Crippen LogP) is 1.47. The third-order valence-electron chi connectivity index (χ3n) is 6.87. The Morgan fingerprint density at radius 2 is 1.83 bits per heavy atom. The topological polar surface area (TPSA) is 73.9 Å². The van der Waals surface area contributed by atoms with Gasteiger partial charge in [0.15, 0.2) is 11.5 Å². The van der Waals surface area contributed by atoms with Crippen LogP contribution in [-0.2, 0) is 23.8 Å². The molecular formula is C18H23NO5. The maximum absolute atomic E-state index is 13.2. The number of hydrogen-bond donors (Lipinski definition) is 1. The number of allylic oxidation sites excluding steroid dienone is 3. The SMILES string of the molecule is COC1=CC[C@]2(CC[C@@]34NCC[C@@]23CC(=O)C(OC)=C4OC)C1=O. The van der Waals surface area contributed by atoms with Crippen molar-refractivity contribution in [2.75, 3.05) is 27.9 Å². The summed E-state index contributed by atoms with van der Waals surface area (Å²) in [6.45, 7) is 0.758. The van der Waals surface area contributed by atoms with Crippen LogP contribution in [-0.4, -0.2) is 45.0 Å². The Bertz CT molecular complexity index is 696. The zero-order valence-electron chi connectivity index (χ0n) is 14.4. The van der Waals surface area contributed by atoms with Crippen molar-refractivity contribution in [3.63, 3.8) is 0 Å². The molecule has 1 saturated carbocycles. The largest absolute Gasteiger partial charge is 0.495 e. The van der Waals surface area contributed by atoms with E-state index in [9.17, 15) is 9.59 Å². The first-order chi connectivity index (χ1) is 11.5. The summed E-state index contributed by atoms with van der Waals surface area (Å²) in [6.07, 6.45) is 5.08. The molecule has 4 rings (SSSR count). The van der Waals surface area contributed by atoms with Gasteiger partial charge in [-0.05, 0) is 38.3 Å². The van der Waals surface area contributed by atoms with Gasteiger partial charge in [-0.2, -0.15) is 0 Å². The molecule has 6 heteroatoms. The number of carbonyl (C=O) groups excluding carboxylic acids is 2. The summed E-state index contributed by atoms with van der Waals surface area (Å²) < 4.78 is 16.4. The standard InChI is InChI=1S/C18H23NO5/c1-22-12-4-5-16(14(12)21)6-7-18-15(24-3)13(23-2)11(20)10-17(16,18)8-9-19-18/h4,19H,5-10H2,1-3H3/t16-,17+,18-/m0/s1. The molecule has 24 heavy (non-hydrogen) atoms. The zero-order chi connectivity index (χ0) is 17.2. The van der Waals surface area contributed by atoms with E-state index < -0.39 is 16.4 Å². The van der Waals surface area contributed by atoms with Gasteiger partial charge in [0, 0.05) is 17.3 Å². The van der Waals surface area contributed by atoms with Gasteiger partial charge in [-0.15, -0.1) is 0 Å². The van der Waals surface area contributed by atoms with Crippen molar-refractivity contribution in [1.82, 2.24) is 5.32 Å². The number of nitrogens with one attached hydrogen (secondary N) is 1. The molecule has 1 N–H and O–H groups in total. The van der Waals surface area contributed by atoms with E-state index in [0.717, 1.165) is 25.8 Å². The number of methoxy groups -OCH3 is 3. The van der Waals surface area contributed by atoms with Crippen molar-refractivity contribution in [2.24, 2.45) is 10.8 Å². The van der Waals surface area contributed by atoms with Crippen molar-refractivity contribution in [3.05, 3.63) is 23.4 Å². The van der Waals surface area contributed by atoms with Crippen LogP contribution in [0.3, 0.4) is 0 Å². The molecule has 6 nitrogen and oxygen atoms in total. The predicted molar refractivity (Wildman–Crippen MR) is 84.8 cm³/mol. The fourth-order valence-electron chi connectivity index (χ4n) is 5.95. The average molecular weight is 333 g/mol. The molecule has 3 aliphatic carbocycles. The molecule has 4 aliphatic rings. The smallest absolute Gasteiger partial charge is 0.204 e. The summed E-state index contributed by atoms with van der Waals surface area (Å²) in [5.41, 5.74) is -1.56. The van der Waals surface area contributed by atoms with Crippen LogP contribution in [0.1, 0.15) is 32.1 Å². The summed E-state index contributed by atoms with van der Waals surface area (Å²) in [7, 11) is 4.61. The summed E-state index contributed by atoms with van der Waals surface area (Å²) in [6, 6.07) is 0. The Morgan fingerprint density at radius 3 is 2.46 bits per heavy atom. The molecular weight excluding hydrogens is 310 g/mol. The quantitative estimate of drug-likeness (QED) is 0.843. The summed E-state index contributed by atoms with van der Waals surface area (Å²) in [5, 5.41) is 3.58. The van der Waals surface area contributed by atoms with Crippen LogP contribution >= 0.6 is 0 Å². The molecule has 0 unspecified atom stereocenters. The summed E-state index contributed by atoms with van der Waals surface area (Å²) in [4.78, 5) is 26.0. The van der Waals surface area contributed by atoms with Gasteiger partial charge in [-0.25, -0.2) is 0 Å². The maximum atomic E-state index is 13.2. The molecule has 0 aromatic carbocycles. The molecule has 130 valence electrons. The third-order valence-corrected chi connectivity index (χ3v) is 6.87. The van der Waals surface area contributed by atoms with E-state index in [1.165, 1.54) is 14.2 Å². The number of hydrogen-bond acceptors (Lipinski definition) is 6. The van der Waals surface area contributed by atoms with Crippen molar-refractivity contribution in [2.45, 2.75) is 37.6 Å². The third kappa shape index (κ3) is 1.42. The lowest BCUT2D eigenvalue weighted by molar-refractivity contribution is -0.139. The molecule has 1 heterocycles. The molecule has 1 saturated heterocycles. The Hall–Kier alpha value is -1.82. The molecule has 1 spiro atoms. The number of ketones is 2. The Morgan fingerprint density at radius 1 is 1.04 bits per heavy atom. The number of carbonyl (C=O) groups is 2. The first-order valence-electron chi connectivity index (χ1n) is 8.42. The Kier molecular flexibility index (Phi) is 3.17. The number of Topliss-reactive ketones (excluding diaryl/α,β-unsaturated/α-hetero) is 2. The van der Waals surface area contributed by atoms with E-state index in [2.05, 4.69) is 5.32 Å². The van der Waals surface area contributed by atoms with E-state index in [4.69, 9.17) is 14.2 Å². The molecule has 0 amide bonds. The fourth-order valence-corrected chi connectivity index (χ4v) is 5.95. The highest BCUT2D eigenvalue weighted by Gasteiger charge is 2.77. The molecule has 2 fully saturated rings. The van der Waals surface area contributed by atoms with E-state index in [1.54, 1.807) is 7.11 Å². The van der Waals surface area contributed by atoms with E-state index >= 15 is 0 Å².